The fourth-order valence-electron chi connectivity index (χ4n) is 5.94. The molecule has 1 aliphatic carbocycles. The largest absolute Gasteiger partial charge is 0.497 e. The first-order chi connectivity index (χ1) is 18.6. The van der Waals surface area contributed by atoms with Gasteiger partial charge < -0.3 is 14.6 Å². The Morgan fingerprint density at radius 3 is 2.56 bits per heavy atom. The summed E-state index contributed by atoms with van der Waals surface area (Å²) in [5.74, 6) is -1.29. The Morgan fingerprint density at radius 2 is 1.87 bits per heavy atom. The van der Waals surface area contributed by atoms with Crippen molar-refractivity contribution < 1.29 is 28.2 Å². The molecule has 1 aliphatic rings. The van der Waals surface area contributed by atoms with E-state index in [0.717, 1.165) is 36.0 Å². The number of halogens is 2. The Bertz CT molecular complexity index is 1320. The van der Waals surface area contributed by atoms with Crippen molar-refractivity contribution in [1.82, 2.24) is 0 Å². The number of benzene rings is 3. The van der Waals surface area contributed by atoms with Gasteiger partial charge in [0, 0.05) is 5.56 Å². The molecule has 39 heavy (non-hydrogen) atoms. The highest BCUT2D eigenvalue weighted by molar-refractivity contribution is 5.71. The maximum absolute atomic E-state index is 15.4. The van der Waals surface area contributed by atoms with Crippen LogP contribution in [0.5, 0.6) is 11.5 Å². The van der Waals surface area contributed by atoms with Crippen molar-refractivity contribution >= 4 is 5.97 Å². The molecule has 0 unspecified atom stereocenters. The number of hydrogen-bond donors (Lipinski definition) is 1. The van der Waals surface area contributed by atoms with Crippen molar-refractivity contribution in [2.24, 2.45) is 5.41 Å². The van der Waals surface area contributed by atoms with E-state index in [4.69, 9.17) is 9.47 Å². The minimum Gasteiger partial charge on any atom is -0.497 e. The first kappa shape index (κ1) is 28.6. The molecule has 0 amide bonds. The van der Waals surface area contributed by atoms with Crippen LogP contribution >= 0.6 is 0 Å². The van der Waals surface area contributed by atoms with E-state index in [1.54, 1.807) is 37.4 Å². The second-order valence-corrected chi connectivity index (χ2v) is 11.2. The number of aliphatic carboxylic acids is 1. The summed E-state index contributed by atoms with van der Waals surface area (Å²) in [6.45, 7) is 6.53. The van der Waals surface area contributed by atoms with E-state index < -0.39 is 17.7 Å². The van der Waals surface area contributed by atoms with E-state index in [2.05, 4.69) is 19.9 Å². The fourth-order valence-corrected chi connectivity index (χ4v) is 5.94. The van der Waals surface area contributed by atoms with Crippen LogP contribution in [-0.2, 0) is 11.4 Å². The van der Waals surface area contributed by atoms with E-state index in [-0.39, 0.29) is 35.9 Å². The van der Waals surface area contributed by atoms with Gasteiger partial charge in [0.15, 0.2) is 11.6 Å². The van der Waals surface area contributed by atoms with Crippen LogP contribution in [-0.4, -0.2) is 18.2 Å². The van der Waals surface area contributed by atoms with Gasteiger partial charge in [-0.1, -0.05) is 63.9 Å². The first-order valence-corrected chi connectivity index (χ1v) is 13.7. The number of carbonyl (C=O) groups is 1. The summed E-state index contributed by atoms with van der Waals surface area (Å²) >= 11 is 0. The molecule has 0 radical (unpaired) electrons. The van der Waals surface area contributed by atoms with Gasteiger partial charge in [0.05, 0.1) is 13.5 Å². The zero-order chi connectivity index (χ0) is 28.2. The Morgan fingerprint density at radius 1 is 1.08 bits per heavy atom. The molecule has 4 nitrogen and oxygen atoms in total. The summed E-state index contributed by atoms with van der Waals surface area (Å²) < 4.78 is 41.8. The molecular formula is C33H38F2O4. The highest BCUT2D eigenvalue weighted by Crippen LogP contribution is 2.49. The molecule has 0 aliphatic heterocycles. The number of methoxy groups -OCH3 is 1. The van der Waals surface area contributed by atoms with Gasteiger partial charge in [0.1, 0.15) is 18.2 Å². The van der Waals surface area contributed by atoms with Gasteiger partial charge in [-0.3, -0.25) is 4.79 Å². The molecule has 2 atom stereocenters. The van der Waals surface area contributed by atoms with Crippen LogP contribution in [0.3, 0.4) is 0 Å². The quantitative estimate of drug-likeness (QED) is 0.281. The van der Waals surface area contributed by atoms with Gasteiger partial charge in [-0.25, -0.2) is 8.78 Å². The lowest BCUT2D eigenvalue weighted by Crippen LogP contribution is -2.26. The molecule has 1 N–H and O–H groups in total. The number of ether oxygens (including phenoxy) is 2. The van der Waals surface area contributed by atoms with Crippen molar-refractivity contribution in [3.63, 3.8) is 0 Å². The van der Waals surface area contributed by atoms with Crippen molar-refractivity contribution in [3.8, 4) is 22.6 Å². The molecule has 1 fully saturated rings. The minimum atomic E-state index is -0.960. The van der Waals surface area contributed by atoms with Crippen LogP contribution < -0.4 is 9.47 Å². The molecule has 1 saturated carbocycles. The number of carboxylic acid groups (broad SMARTS) is 1. The summed E-state index contributed by atoms with van der Waals surface area (Å²) in [5, 5.41) is 9.23. The predicted molar refractivity (Wildman–Crippen MR) is 149 cm³/mol. The molecule has 0 spiro atoms. The Labute approximate surface area is 230 Å². The molecule has 0 aromatic heterocycles. The average Bonchev–Trinajstić information content (AvgIpc) is 2.91. The molecule has 6 heteroatoms. The Balaban J connectivity index is 1.69. The standard InChI is InChI=1S/C33H38F2O4/c1-5-22(18-31(36)37)24-9-8-11-30(32(24)35)39-20-21-12-14-25(27-19-23(38-4)13-15-29(27)34)26(17-21)28-10-6-7-16-33(28,2)3/h8-9,11-15,17,19,22,28H,5-7,10,16,18,20H2,1-4H3,(H,36,37)/t22-,28-/m1/s1. The lowest BCUT2D eigenvalue weighted by atomic mass is 9.65. The van der Waals surface area contributed by atoms with Crippen LogP contribution in [0.15, 0.2) is 54.6 Å². The topological polar surface area (TPSA) is 55.8 Å². The average molecular weight is 537 g/mol. The summed E-state index contributed by atoms with van der Waals surface area (Å²) in [6, 6.07) is 15.6. The Hall–Kier alpha value is -3.41. The van der Waals surface area contributed by atoms with Gasteiger partial charge in [0.2, 0.25) is 0 Å². The molecule has 0 bridgehead atoms. The van der Waals surface area contributed by atoms with Gasteiger partial charge in [-0.05, 0) is 83.0 Å². The van der Waals surface area contributed by atoms with Crippen LogP contribution in [0, 0.1) is 17.0 Å². The van der Waals surface area contributed by atoms with Crippen molar-refractivity contribution in [1.29, 1.82) is 0 Å². The van der Waals surface area contributed by atoms with E-state index >= 15 is 8.78 Å². The van der Waals surface area contributed by atoms with E-state index in [1.807, 2.05) is 19.1 Å². The minimum absolute atomic E-state index is 0.0432. The molecule has 0 heterocycles. The highest BCUT2D eigenvalue weighted by atomic mass is 19.1. The summed E-state index contributed by atoms with van der Waals surface area (Å²) in [6.07, 6.45) is 4.75. The van der Waals surface area contributed by atoms with Gasteiger partial charge >= 0.3 is 5.97 Å². The fraction of sp³-hybridized carbons (Fsp3) is 0.424. The normalized spacial score (nSPS) is 17.4. The van der Waals surface area contributed by atoms with Crippen LogP contribution in [0.1, 0.15) is 87.8 Å². The zero-order valence-electron chi connectivity index (χ0n) is 23.2. The van der Waals surface area contributed by atoms with E-state index in [1.165, 1.54) is 12.5 Å². The molecule has 3 aromatic carbocycles. The lowest BCUT2D eigenvalue weighted by Gasteiger charge is -2.40. The maximum Gasteiger partial charge on any atom is 0.303 e. The molecule has 3 aromatic rings. The summed E-state index contributed by atoms with van der Waals surface area (Å²) in [4.78, 5) is 11.3. The monoisotopic (exact) mass is 536 g/mol. The third-order valence-corrected chi connectivity index (χ3v) is 8.20. The molecule has 0 saturated heterocycles. The molecule has 4 rings (SSSR count). The SMILES string of the molecule is CC[C@H](CC(=O)O)c1cccc(OCc2ccc(-c3cc(OC)ccc3F)c([C@H]3CCCCC3(C)C)c2)c1F. The van der Waals surface area contributed by atoms with Gasteiger partial charge in [0.25, 0.3) is 0 Å². The summed E-state index contributed by atoms with van der Waals surface area (Å²) in [5.41, 5.74) is 3.66. The second-order valence-electron chi connectivity index (χ2n) is 11.2. The Kier molecular flexibility index (Phi) is 8.94. The van der Waals surface area contributed by atoms with Crippen LogP contribution in [0.2, 0.25) is 0 Å². The van der Waals surface area contributed by atoms with Crippen molar-refractivity contribution in [2.75, 3.05) is 7.11 Å². The summed E-state index contributed by atoms with van der Waals surface area (Å²) in [7, 11) is 1.57. The number of rotatable bonds is 10. The van der Waals surface area contributed by atoms with Gasteiger partial charge in [-0.15, -0.1) is 0 Å². The van der Waals surface area contributed by atoms with Crippen molar-refractivity contribution in [2.45, 2.75) is 77.7 Å². The van der Waals surface area contributed by atoms with Crippen LogP contribution in [0.25, 0.3) is 11.1 Å². The van der Waals surface area contributed by atoms with Crippen molar-refractivity contribution in [3.05, 3.63) is 82.9 Å². The van der Waals surface area contributed by atoms with E-state index in [0.29, 0.717) is 23.3 Å². The second kappa shape index (κ2) is 12.2. The van der Waals surface area contributed by atoms with Crippen LogP contribution in [0.4, 0.5) is 8.78 Å². The lowest BCUT2D eigenvalue weighted by molar-refractivity contribution is -0.137. The van der Waals surface area contributed by atoms with Gasteiger partial charge in [-0.2, -0.15) is 0 Å². The zero-order valence-corrected chi connectivity index (χ0v) is 23.2. The third kappa shape index (κ3) is 6.43. The highest BCUT2D eigenvalue weighted by Gasteiger charge is 2.35. The molecular weight excluding hydrogens is 498 g/mol. The third-order valence-electron chi connectivity index (χ3n) is 8.20. The first-order valence-electron chi connectivity index (χ1n) is 13.7. The number of hydrogen-bond acceptors (Lipinski definition) is 3. The number of carboxylic acids is 1. The smallest absolute Gasteiger partial charge is 0.303 e. The maximum atomic E-state index is 15.4. The molecule has 208 valence electrons. The van der Waals surface area contributed by atoms with E-state index in [9.17, 15) is 9.90 Å². The predicted octanol–water partition coefficient (Wildman–Crippen LogP) is 8.87.